The molecule has 0 radical (unpaired) electrons. The van der Waals surface area contributed by atoms with Crippen LogP contribution in [0.1, 0.15) is 35.2 Å². The van der Waals surface area contributed by atoms with E-state index in [1.165, 1.54) is 16.2 Å². The Labute approximate surface area is 178 Å². The van der Waals surface area contributed by atoms with Crippen molar-refractivity contribution in [3.05, 3.63) is 65.2 Å². The normalized spacial score (nSPS) is 13.8. The number of benzene rings is 1. The van der Waals surface area contributed by atoms with Crippen molar-refractivity contribution in [3.8, 4) is 10.6 Å². The molecule has 1 saturated heterocycles. The van der Waals surface area contributed by atoms with E-state index in [1.54, 1.807) is 10.9 Å². The molecule has 0 bridgehead atoms. The van der Waals surface area contributed by atoms with Crippen molar-refractivity contribution in [1.29, 1.82) is 0 Å². The van der Waals surface area contributed by atoms with Crippen LogP contribution in [0.2, 0.25) is 0 Å². The number of thiophene rings is 1. The van der Waals surface area contributed by atoms with Gasteiger partial charge in [-0.05, 0) is 23.4 Å². The molecule has 2 aromatic heterocycles. The highest BCUT2D eigenvalue weighted by Crippen LogP contribution is 2.27. The van der Waals surface area contributed by atoms with Crippen LogP contribution in [0.15, 0.2) is 54.0 Å². The first-order valence-electron chi connectivity index (χ1n) is 9.88. The lowest BCUT2D eigenvalue weighted by molar-refractivity contribution is -0.138. The average Bonchev–Trinajstić information content (AvgIpc) is 3.48. The van der Waals surface area contributed by atoms with E-state index in [9.17, 15) is 14.4 Å². The third kappa shape index (κ3) is 4.49. The SMILES string of the molecule is O=C(NCCCN1C(=O)CCC1=O)c1cn(Cc2ccccc2)nc1-c1cccs1. The number of hydrogen-bond acceptors (Lipinski definition) is 5. The van der Waals surface area contributed by atoms with Crippen LogP contribution in [0.5, 0.6) is 0 Å². The predicted molar refractivity (Wildman–Crippen MR) is 114 cm³/mol. The summed E-state index contributed by atoms with van der Waals surface area (Å²) < 4.78 is 1.78. The molecule has 1 aromatic carbocycles. The number of carbonyl (C=O) groups excluding carboxylic acids is 3. The highest BCUT2D eigenvalue weighted by Gasteiger charge is 2.28. The second-order valence-corrected chi connectivity index (χ2v) is 8.05. The minimum atomic E-state index is -0.211. The number of aromatic nitrogens is 2. The molecular weight excluding hydrogens is 400 g/mol. The van der Waals surface area contributed by atoms with Crippen molar-refractivity contribution < 1.29 is 14.4 Å². The Morgan fingerprint density at radius 3 is 2.53 bits per heavy atom. The highest BCUT2D eigenvalue weighted by atomic mass is 32.1. The van der Waals surface area contributed by atoms with Crippen molar-refractivity contribution >= 4 is 29.1 Å². The zero-order chi connectivity index (χ0) is 20.9. The molecule has 0 unspecified atom stereocenters. The number of amides is 3. The van der Waals surface area contributed by atoms with Gasteiger partial charge in [-0.25, -0.2) is 0 Å². The lowest BCUT2D eigenvalue weighted by atomic mass is 10.2. The van der Waals surface area contributed by atoms with Crippen molar-refractivity contribution in [2.24, 2.45) is 0 Å². The fraction of sp³-hybridized carbons (Fsp3) is 0.273. The molecule has 1 fully saturated rings. The summed E-state index contributed by atoms with van der Waals surface area (Å²) in [6, 6.07) is 13.8. The molecule has 0 aliphatic carbocycles. The van der Waals surface area contributed by atoms with Gasteiger partial charge >= 0.3 is 0 Å². The van der Waals surface area contributed by atoms with Gasteiger partial charge < -0.3 is 5.32 Å². The molecule has 1 aliphatic rings. The van der Waals surface area contributed by atoms with Gasteiger partial charge in [0.2, 0.25) is 11.8 Å². The minimum absolute atomic E-state index is 0.131. The molecule has 4 rings (SSSR count). The van der Waals surface area contributed by atoms with Gasteiger partial charge in [0, 0.05) is 32.1 Å². The van der Waals surface area contributed by atoms with Gasteiger partial charge in [-0.1, -0.05) is 36.4 Å². The molecule has 3 heterocycles. The number of nitrogens with zero attached hydrogens (tertiary/aromatic N) is 3. The molecule has 3 aromatic rings. The fourth-order valence-electron chi connectivity index (χ4n) is 3.44. The first kappa shape index (κ1) is 20.0. The van der Waals surface area contributed by atoms with E-state index < -0.39 is 0 Å². The van der Waals surface area contributed by atoms with Crippen LogP contribution in [0.25, 0.3) is 10.6 Å². The minimum Gasteiger partial charge on any atom is -0.352 e. The Bertz CT molecular complexity index is 1030. The lowest BCUT2D eigenvalue weighted by Gasteiger charge is -2.13. The summed E-state index contributed by atoms with van der Waals surface area (Å²) in [5.74, 6) is -0.473. The first-order chi connectivity index (χ1) is 14.6. The van der Waals surface area contributed by atoms with Crippen molar-refractivity contribution in [1.82, 2.24) is 20.0 Å². The van der Waals surface area contributed by atoms with Gasteiger partial charge in [-0.3, -0.25) is 24.0 Å². The van der Waals surface area contributed by atoms with E-state index in [2.05, 4.69) is 10.4 Å². The lowest BCUT2D eigenvalue weighted by Crippen LogP contribution is -2.33. The number of nitrogens with one attached hydrogen (secondary N) is 1. The maximum absolute atomic E-state index is 12.8. The summed E-state index contributed by atoms with van der Waals surface area (Å²) in [5.41, 5.74) is 2.27. The average molecular weight is 423 g/mol. The van der Waals surface area contributed by atoms with E-state index in [0.29, 0.717) is 37.3 Å². The van der Waals surface area contributed by atoms with Crippen molar-refractivity contribution in [3.63, 3.8) is 0 Å². The number of rotatable bonds is 8. The molecule has 0 atom stereocenters. The number of imide groups is 1. The Kier molecular flexibility index (Phi) is 6.04. The maximum atomic E-state index is 12.8. The molecule has 0 saturated carbocycles. The Morgan fingerprint density at radius 2 is 1.83 bits per heavy atom. The van der Waals surface area contributed by atoms with Gasteiger partial charge in [0.05, 0.1) is 17.0 Å². The van der Waals surface area contributed by atoms with Gasteiger partial charge in [0.25, 0.3) is 5.91 Å². The first-order valence-corrected chi connectivity index (χ1v) is 10.8. The van der Waals surface area contributed by atoms with E-state index in [0.717, 1.165) is 10.4 Å². The Balaban J connectivity index is 1.43. The van der Waals surface area contributed by atoms with Crippen LogP contribution in [0.4, 0.5) is 0 Å². The topological polar surface area (TPSA) is 84.3 Å². The summed E-state index contributed by atoms with van der Waals surface area (Å²) in [7, 11) is 0. The number of hydrogen-bond donors (Lipinski definition) is 1. The fourth-order valence-corrected chi connectivity index (χ4v) is 4.16. The van der Waals surface area contributed by atoms with Crippen LogP contribution in [0, 0.1) is 0 Å². The van der Waals surface area contributed by atoms with E-state index in [1.807, 2.05) is 47.8 Å². The largest absolute Gasteiger partial charge is 0.352 e. The van der Waals surface area contributed by atoms with Gasteiger partial charge in [-0.15, -0.1) is 11.3 Å². The van der Waals surface area contributed by atoms with Crippen LogP contribution in [-0.2, 0) is 16.1 Å². The monoisotopic (exact) mass is 422 g/mol. The van der Waals surface area contributed by atoms with Gasteiger partial charge in [-0.2, -0.15) is 5.10 Å². The quantitative estimate of drug-likeness (QED) is 0.447. The predicted octanol–water partition coefficient (Wildman–Crippen LogP) is 2.93. The van der Waals surface area contributed by atoms with Crippen LogP contribution < -0.4 is 5.32 Å². The molecule has 30 heavy (non-hydrogen) atoms. The van der Waals surface area contributed by atoms with Crippen LogP contribution in [0.3, 0.4) is 0 Å². The molecule has 3 amide bonds. The molecule has 7 nitrogen and oxygen atoms in total. The molecule has 8 heteroatoms. The summed E-state index contributed by atoms with van der Waals surface area (Å²) in [6.45, 7) is 1.29. The Morgan fingerprint density at radius 1 is 1.07 bits per heavy atom. The standard InChI is InChI=1S/C22H22N4O3S/c27-19-9-10-20(28)26(19)12-5-11-23-22(29)17-15-25(14-16-6-2-1-3-7-16)24-21(17)18-8-4-13-30-18/h1-4,6-8,13,15H,5,9-12,14H2,(H,23,29). The number of likely N-dealkylation sites (tertiary alicyclic amines) is 1. The highest BCUT2D eigenvalue weighted by molar-refractivity contribution is 7.13. The zero-order valence-corrected chi connectivity index (χ0v) is 17.2. The Hall–Kier alpha value is -3.26. The molecule has 1 N–H and O–H groups in total. The zero-order valence-electron chi connectivity index (χ0n) is 16.4. The number of carbonyl (C=O) groups is 3. The third-order valence-electron chi connectivity index (χ3n) is 4.95. The maximum Gasteiger partial charge on any atom is 0.255 e. The second kappa shape index (κ2) is 9.04. The van der Waals surface area contributed by atoms with Gasteiger partial charge in [0.1, 0.15) is 5.69 Å². The van der Waals surface area contributed by atoms with Gasteiger partial charge in [0.15, 0.2) is 0 Å². The van der Waals surface area contributed by atoms with Crippen molar-refractivity contribution in [2.75, 3.05) is 13.1 Å². The van der Waals surface area contributed by atoms with E-state index in [4.69, 9.17) is 0 Å². The van der Waals surface area contributed by atoms with E-state index >= 15 is 0 Å². The molecule has 154 valence electrons. The van der Waals surface area contributed by atoms with Crippen LogP contribution in [-0.4, -0.2) is 45.5 Å². The third-order valence-corrected chi connectivity index (χ3v) is 5.82. The van der Waals surface area contributed by atoms with Crippen LogP contribution >= 0.6 is 11.3 Å². The summed E-state index contributed by atoms with van der Waals surface area (Å²) in [4.78, 5) is 38.4. The second-order valence-electron chi connectivity index (χ2n) is 7.10. The van der Waals surface area contributed by atoms with E-state index in [-0.39, 0.29) is 30.6 Å². The summed E-state index contributed by atoms with van der Waals surface area (Å²) in [6.07, 6.45) is 2.87. The molecule has 1 aliphatic heterocycles. The summed E-state index contributed by atoms with van der Waals surface area (Å²) >= 11 is 1.54. The molecule has 0 spiro atoms. The van der Waals surface area contributed by atoms with Crippen molar-refractivity contribution in [2.45, 2.75) is 25.8 Å². The smallest absolute Gasteiger partial charge is 0.255 e. The molecular formula is C22H22N4O3S. The summed E-state index contributed by atoms with van der Waals surface area (Å²) in [5, 5.41) is 9.50.